The summed E-state index contributed by atoms with van der Waals surface area (Å²) < 4.78 is 0. The molecule has 0 saturated heterocycles. The minimum atomic E-state index is 1.01. The smallest absolute Gasteiger partial charge is 0.0351 e. The first-order valence-electron chi connectivity index (χ1n) is 14.1. The van der Waals surface area contributed by atoms with Crippen LogP contribution in [0.4, 0.5) is 0 Å². The van der Waals surface area contributed by atoms with Crippen LogP contribution in [0.3, 0.4) is 0 Å². The van der Waals surface area contributed by atoms with E-state index in [1.54, 1.807) is 0 Å². The summed E-state index contributed by atoms with van der Waals surface area (Å²) in [7, 11) is 0. The Bertz CT molecular complexity index is 316. The summed E-state index contributed by atoms with van der Waals surface area (Å²) in [6.45, 7) is 10.2. The van der Waals surface area contributed by atoms with Crippen LogP contribution in [0.25, 0.3) is 0 Å². The molecule has 1 atom stereocenters. The van der Waals surface area contributed by atoms with E-state index in [1.165, 1.54) is 141 Å². The number of hydrogen-bond donors (Lipinski definition) is 0. The van der Waals surface area contributed by atoms with Crippen LogP contribution in [-0.2, 0) is 0 Å². The first-order valence-corrected chi connectivity index (χ1v) is 14.1. The van der Waals surface area contributed by atoms with Crippen molar-refractivity contribution >= 4 is 0 Å². The second-order valence-corrected chi connectivity index (χ2v) is 9.64. The molecule has 0 aliphatic carbocycles. The van der Waals surface area contributed by atoms with E-state index < -0.39 is 0 Å². The van der Waals surface area contributed by atoms with Crippen molar-refractivity contribution < 1.29 is 0 Å². The molecule has 178 valence electrons. The molecule has 0 nitrogen and oxygen atoms in total. The monoisotopic (exact) mass is 418 g/mol. The van der Waals surface area contributed by atoms with Crippen molar-refractivity contribution in [3.05, 3.63) is 26.0 Å². The van der Waals surface area contributed by atoms with Gasteiger partial charge in [-0.1, -0.05) is 161 Å². The van der Waals surface area contributed by atoms with Gasteiger partial charge < -0.3 is 0 Å². The SMILES string of the molecule is [CH2]CCCCCC=CCCCCCC(CCC)CCCCCCCCCCCC[CH2]. The Morgan fingerprint density at radius 2 is 0.833 bits per heavy atom. The molecule has 0 N–H and O–H groups in total. The Morgan fingerprint density at radius 1 is 0.467 bits per heavy atom. The van der Waals surface area contributed by atoms with Crippen LogP contribution in [0.5, 0.6) is 0 Å². The maximum atomic E-state index is 3.93. The van der Waals surface area contributed by atoms with Gasteiger partial charge in [0.05, 0.1) is 0 Å². The highest BCUT2D eigenvalue weighted by molar-refractivity contribution is 4.81. The fraction of sp³-hybridized carbons (Fsp3) is 0.867. The van der Waals surface area contributed by atoms with Crippen molar-refractivity contribution in [2.75, 3.05) is 0 Å². The second-order valence-electron chi connectivity index (χ2n) is 9.64. The molecule has 0 heteroatoms. The van der Waals surface area contributed by atoms with E-state index in [0.717, 1.165) is 18.8 Å². The van der Waals surface area contributed by atoms with Gasteiger partial charge in [-0.15, -0.1) is 0 Å². The van der Waals surface area contributed by atoms with Gasteiger partial charge in [0.25, 0.3) is 0 Å². The Kier molecular flexibility index (Phi) is 26.5. The molecule has 0 aliphatic heterocycles. The van der Waals surface area contributed by atoms with Gasteiger partial charge in [-0.25, -0.2) is 0 Å². The van der Waals surface area contributed by atoms with E-state index in [9.17, 15) is 0 Å². The van der Waals surface area contributed by atoms with Crippen LogP contribution in [-0.4, -0.2) is 0 Å². The molecular formula is C30H58. The Hall–Kier alpha value is -0.260. The van der Waals surface area contributed by atoms with Gasteiger partial charge in [-0.05, 0) is 31.6 Å². The minimum Gasteiger partial charge on any atom is -0.0885 e. The van der Waals surface area contributed by atoms with E-state index in [2.05, 4.69) is 32.9 Å². The lowest BCUT2D eigenvalue weighted by Gasteiger charge is -2.16. The van der Waals surface area contributed by atoms with Crippen LogP contribution >= 0.6 is 0 Å². The number of hydrogen-bond acceptors (Lipinski definition) is 0. The van der Waals surface area contributed by atoms with Gasteiger partial charge in [0.2, 0.25) is 0 Å². The van der Waals surface area contributed by atoms with E-state index in [-0.39, 0.29) is 0 Å². The summed E-state index contributed by atoms with van der Waals surface area (Å²) in [5.41, 5.74) is 0. The zero-order valence-electron chi connectivity index (χ0n) is 21.1. The number of unbranched alkanes of at least 4 members (excludes halogenated alkanes) is 17. The molecular weight excluding hydrogens is 360 g/mol. The zero-order chi connectivity index (χ0) is 22.0. The molecule has 2 radical (unpaired) electrons. The molecule has 1 unspecified atom stereocenters. The van der Waals surface area contributed by atoms with Crippen LogP contribution in [0.15, 0.2) is 12.2 Å². The van der Waals surface area contributed by atoms with E-state index in [4.69, 9.17) is 0 Å². The Morgan fingerprint density at radius 3 is 1.27 bits per heavy atom. The Balaban J connectivity index is 3.46. The summed E-state index contributed by atoms with van der Waals surface area (Å²) in [5.74, 6) is 1.01. The summed E-state index contributed by atoms with van der Waals surface area (Å²) >= 11 is 0. The fourth-order valence-electron chi connectivity index (χ4n) is 4.59. The fourth-order valence-corrected chi connectivity index (χ4v) is 4.59. The topological polar surface area (TPSA) is 0 Å². The van der Waals surface area contributed by atoms with Gasteiger partial charge in [0.1, 0.15) is 0 Å². The molecule has 0 aromatic rings. The molecule has 0 saturated carbocycles. The lowest BCUT2D eigenvalue weighted by molar-refractivity contribution is 0.378. The van der Waals surface area contributed by atoms with E-state index in [1.807, 2.05) is 0 Å². The molecule has 0 fully saturated rings. The van der Waals surface area contributed by atoms with Crippen LogP contribution in [0.2, 0.25) is 0 Å². The van der Waals surface area contributed by atoms with Crippen molar-refractivity contribution in [1.82, 2.24) is 0 Å². The standard InChI is InChI=1S/C30H58/c1-4-7-9-11-13-15-17-19-21-23-25-28-30(27-6-3)29-26-24-22-20-18-16-14-12-10-8-5-2/h15,17,30H,1-2,4-14,16,18-29H2,3H3. The highest BCUT2D eigenvalue weighted by Crippen LogP contribution is 2.23. The molecule has 0 aliphatic rings. The third-order valence-electron chi connectivity index (χ3n) is 6.58. The predicted molar refractivity (Wildman–Crippen MR) is 140 cm³/mol. The quantitative estimate of drug-likeness (QED) is 0.102. The highest BCUT2D eigenvalue weighted by atomic mass is 14.1. The van der Waals surface area contributed by atoms with Crippen molar-refractivity contribution in [2.24, 2.45) is 5.92 Å². The third kappa shape index (κ3) is 24.0. The average molecular weight is 419 g/mol. The summed E-state index contributed by atoms with van der Waals surface area (Å²) in [5, 5.41) is 0. The maximum absolute atomic E-state index is 3.93. The van der Waals surface area contributed by atoms with Crippen LogP contribution < -0.4 is 0 Å². The number of rotatable bonds is 25. The molecule has 0 aromatic carbocycles. The lowest BCUT2D eigenvalue weighted by Crippen LogP contribution is -2.00. The molecule has 30 heavy (non-hydrogen) atoms. The van der Waals surface area contributed by atoms with E-state index in [0.29, 0.717) is 0 Å². The van der Waals surface area contributed by atoms with Crippen molar-refractivity contribution in [3.63, 3.8) is 0 Å². The second kappa shape index (κ2) is 26.8. The molecule has 0 aromatic heterocycles. The predicted octanol–water partition coefficient (Wildman–Crippen LogP) is 11.2. The zero-order valence-corrected chi connectivity index (χ0v) is 21.1. The van der Waals surface area contributed by atoms with Crippen molar-refractivity contribution in [2.45, 2.75) is 161 Å². The average Bonchev–Trinajstić information content (AvgIpc) is 2.75. The van der Waals surface area contributed by atoms with Gasteiger partial charge in [-0.3, -0.25) is 0 Å². The van der Waals surface area contributed by atoms with Crippen molar-refractivity contribution in [3.8, 4) is 0 Å². The van der Waals surface area contributed by atoms with Gasteiger partial charge in [-0.2, -0.15) is 0 Å². The molecule has 0 spiro atoms. The molecule has 0 heterocycles. The van der Waals surface area contributed by atoms with Gasteiger partial charge in [0.15, 0.2) is 0 Å². The molecule has 0 rings (SSSR count). The van der Waals surface area contributed by atoms with Gasteiger partial charge >= 0.3 is 0 Å². The lowest BCUT2D eigenvalue weighted by atomic mass is 9.90. The summed E-state index contributed by atoms with van der Waals surface area (Å²) in [6, 6.07) is 0. The third-order valence-corrected chi connectivity index (χ3v) is 6.58. The van der Waals surface area contributed by atoms with Crippen LogP contribution in [0, 0.1) is 19.8 Å². The summed E-state index contributed by atoms with van der Waals surface area (Å²) in [4.78, 5) is 0. The normalized spacial score (nSPS) is 12.8. The van der Waals surface area contributed by atoms with Gasteiger partial charge in [0, 0.05) is 0 Å². The van der Waals surface area contributed by atoms with Crippen molar-refractivity contribution in [1.29, 1.82) is 0 Å². The largest absolute Gasteiger partial charge is 0.0885 e. The first kappa shape index (κ1) is 29.7. The van der Waals surface area contributed by atoms with Crippen LogP contribution in [0.1, 0.15) is 161 Å². The highest BCUT2D eigenvalue weighted by Gasteiger charge is 2.07. The first-order chi connectivity index (χ1) is 14.8. The number of allylic oxidation sites excluding steroid dienone is 2. The Labute approximate surface area is 193 Å². The molecule has 0 amide bonds. The van der Waals surface area contributed by atoms with E-state index >= 15 is 0 Å². The minimum absolute atomic E-state index is 1.01. The molecule has 0 bridgehead atoms. The maximum Gasteiger partial charge on any atom is -0.0351 e. The summed E-state index contributed by atoms with van der Waals surface area (Å²) in [6.07, 6.45) is 38.1.